The minimum atomic E-state index is 0.0135. The molecule has 0 aliphatic rings. The van der Waals surface area contributed by atoms with E-state index in [-0.39, 0.29) is 11.9 Å². The molecule has 6 nitrogen and oxygen atoms in total. The summed E-state index contributed by atoms with van der Waals surface area (Å²) in [7, 11) is 3.29. The average molecular weight is 316 g/mol. The van der Waals surface area contributed by atoms with Gasteiger partial charge in [0.15, 0.2) is 5.84 Å². The van der Waals surface area contributed by atoms with Gasteiger partial charge < -0.3 is 25.3 Å². The van der Waals surface area contributed by atoms with Gasteiger partial charge in [-0.3, -0.25) is 0 Å². The van der Waals surface area contributed by atoms with Gasteiger partial charge in [0, 0.05) is 43.1 Å². The summed E-state index contributed by atoms with van der Waals surface area (Å²) in [4.78, 5) is 2.08. The number of methoxy groups -OCH3 is 2. The number of benzene rings is 1. The van der Waals surface area contributed by atoms with Gasteiger partial charge in [0.2, 0.25) is 0 Å². The first-order valence-corrected chi connectivity index (χ1v) is 6.94. The Labute approximate surface area is 130 Å². The Morgan fingerprint density at radius 1 is 1.43 bits per heavy atom. The molecule has 0 saturated carbocycles. The van der Waals surface area contributed by atoms with Crippen LogP contribution in [-0.2, 0) is 9.47 Å². The van der Waals surface area contributed by atoms with Crippen LogP contribution in [0.5, 0.6) is 0 Å². The number of ether oxygens (including phenoxy) is 2. The van der Waals surface area contributed by atoms with Crippen LogP contribution in [0.3, 0.4) is 0 Å². The third-order valence-corrected chi connectivity index (χ3v) is 3.36. The van der Waals surface area contributed by atoms with Crippen molar-refractivity contribution in [3.63, 3.8) is 0 Å². The van der Waals surface area contributed by atoms with Gasteiger partial charge in [-0.1, -0.05) is 16.8 Å². The zero-order chi connectivity index (χ0) is 15.8. The molecular formula is C14H22ClN3O3. The lowest BCUT2D eigenvalue weighted by atomic mass is 10.1. The van der Waals surface area contributed by atoms with E-state index in [1.165, 1.54) is 0 Å². The number of nitrogens with two attached hydrogens (primary N) is 1. The third kappa shape index (κ3) is 4.77. The van der Waals surface area contributed by atoms with Crippen molar-refractivity contribution in [1.29, 1.82) is 0 Å². The van der Waals surface area contributed by atoms with E-state index in [0.29, 0.717) is 30.3 Å². The summed E-state index contributed by atoms with van der Waals surface area (Å²) in [5.74, 6) is 0.0135. The predicted octanol–water partition coefficient (Wildman–Crippen LogP) is 1.92. The zero-order valence-electron chi connectivity index (χ0n) is 12.5. The van der Waals surface area contributed by atoms with Crippen molar-refractivity contribution in [2.24, 2.45) is 10.9 Å². The maximum Gasteiger partial charge on any atom is 0.172 e. The number of nitrogens with zero attached hydrogens (tertiary/aromatic N) is 2. The van der Waals surface area contributed by atoms with Crippen LogP contribution in [0, 0.1) is 0 Å². The van der Waals surface area contributed by atoms with Crippen molar-refractivity contribution in [1.82, 2.24) is 0 Å². The molecule has 0 radical (unpaired) electrons. The molecule has 1 unspecified atom stereocenters. The van der Waals surface area contributed by atoms with Gasteiger partial charge >= 0.3 is 0 Å². The van der Waals surface area contributed by atoms with Crippen LogP contribution in [0.2, 0.25) is 5.02 Å². The predicted molar refractivity (Wildman–Crippen MR) is 84.5 cm³/mol. The number of halogens is 1. The molecule has 1 atom stereocenters. The number of hydrogen-bond acceptors (Lipinski definition) is 5. The molecule has 1 rings (SSSR count). The summed E-state index contributed by atoms with van der Waals surface area (Å²) >= 11 is 6.01. The molecule has 3 N–H and O–H groups in total. The summed E-state index contributed by atoms with van der Waals surface area (Å²) in [6.07, 6.45) is 0. The van der Waals surface area contributed by atoms with Crippen LogP contribution >= 0.6 is 11.6 Å². The smallest absolute Gasteiger partial charge is 0.172 e. The van der Waals surface area contributed by atoms with Crippen molar-refractivity contribution in [2.75, 3.05) is 38.9 Å². The number of rotatable bonds is 8. The van der Waals surface area contributed by atoms with E-state index < -0.39 is 0 Å². The van der Waals surface area contributed by atoms with Crippen LogP contribution < -0.4 is 10.6 Å². The molecular weight excluding hydrogens is 294 g/mol. The van der Waals surface area contributed by atoms with Gasteiger partial charge in [0.25, 0.3) is 0 Å². The van der Waals surface area contributed by atoms with E-state index in [9.17, 15) is 0 Å². The highest BCUT2D eigenvalue weighted by Gasteiger charge is 2.19. The van der Waals surface area contributed by atoms with Crippen LogP contribution in [0.25, 0.3) is 0 Å². The second-order valence-electron chi connectivity index (χ2n) is 4.64. The Balaban J connectivity index is 3.22. The van der Waals surface area contributed by atoms with Gasteiger partial charge in [-0.05, 0) is 25.1 Å². The highest BCUT2D eigenvalue weighted by Crippen LogP contribution is 2.26. The first-order chi connectivity index (χ1) is 10.0. The maximum absolute atomic E-state index is 8.96. The zero-order valence-corrected chi connectivity index (χ0v) is 13.3. The lowest BCUT2D eigenvalue weighted by Gasteiger charge is -2.32. The molecule has 0 heterocycles. The molecule has 0 saturated heterocycles. The monoisotopic (exact) mass is 315 g/mol. The molecule has 0 bridgehead atoms. The van der Waals surface area contributed by atoms with Crippen molar-refractivity contribution in [3.8, 4) is 0 Å². The Bertz CT molecular complexity index is 483. The highest BCUT2D eigenvalue weighted by atomic mass is 35.5. The lowest BCUT2D eigenvalue weighted by molar-refractivity contribution is 0.171. The molecule has 0 amide bonds. The molecule has 7 heteroatoms. The third-order valence-electron chi connectivity index (χ3n) is 3.13. The Morgan fingerprint density at radius 3 is 2.71 bits per heavy atom. The normalized spacial score (nSPS) is 13.2. The summed E-state index contributed by atoms with van der Waals surface area (Å²) < 4.78 is 10.4. The molecule has 0 fully saturated rings. The summed E-state index contributed by atoms with van der Waals surface area (Å²) in [6.45, 7) is 3.77. The topological polar surface area (TPSA) is 80.3 Å². The van der Waals surface area contributed by atoms with Crippen molar-refractivity contribution in [2.45, 2.75) is 13.0 Å². The van der Waals surface area contributed by atoms with E-state index in [0.717, 1.165) is 5.69 Å². The fourth-order valence-electron chi connectivity index (χ4n) is 2.12. The van der Waals surface area contributed by atoms with Gasteiger partial charge in [0.05, 0.1) is 13.2 Å². The van der Waals surface area contributed by atoms with Crippen molar-refractivity contribution in [3.05, 3.63) is 28.8 Å². The number of hydrogen-bond donors (Lipinski definition) is 2. The van der Waals surface area contributed by atoms with Crippen LogP contribution in [-0.4, -0.2) is 51.1 Å². The molecule has 1 aromatic carbocycles. The summed E-state index contributed by atoms with van der Waals surface area (Å²) in [6, 6.07) is 5.38. The van der Waals surface area contributed by atoms with Crippen LogP contribution in [0.1, 0.15) is 12.5 Å². The van der Waals surface area contributed by atoms with Gasteiger partial charge in [-0.2, -0.15) is 0 Å². The SMILES string of the molecule is COCCN(c1ccc(Cl)cc1C(N)=NO)C(C)COC. The average Bonchev–Trinajstić information content (AvgIpc) is 2.48. The highest BCUT2D eigenvalue weighted by molar-refractivity contribution is 6.31. The molecule has 0 aliphatic heterocycles. The largest absolute Gasteiger partial charge is 0.409 e. The first kappa shape index (κ1) is 17.6. The molecule has 1 aromatic rings. The second-order valence-corrected chi connectivity index (χ2v) is 5.07. The number of anilines is 1. The molecule has 118 valence electrons. The molecule has 0 aliphatic carbocycles. The summed E-state index contributed by atoms with van der Waals surface area (Å²) in [5.41, 5.74) is 7.15. The van der Waals surface area contributed by atoms with E-state index in [1.807, 2.05) is 13.0 Å². The molecule has 0 spiro atoms. The van der Waals surface area contributed by atoms with Crippen molar-refractivity contribution >= 4 is 23.1 Å². The van der Waals surface area contributed by atoms with Crippen LogP contribution in [0.4, 0.5) is 5.69 Å². The van der Waals surface area contributed by atoms with Crippen molar-refractivity contribution < 1.29 is 14.7 Å². The fraction of sp³-hybridized carbons (Fsp3) is 0.500. The molecule has 0 aromatic heterocycles. The second kappa shape index (κ2) is 8.71. The lowest BCUT2D eigenvalue weighted by Crippen LogP contribution is -2.40. The molecule has 21 heavy (non-hydrogen) atoms. The van der Waals surface area contributed by atoms with E-state index >= 15 is 0 Å². The van der Waals surface area contributed by atoms with Gasteiger partial charge in [-0.15, -0.1) is 0 Å². The first-order valence-electron chi connectivity index (χ1n) is 6.57. The summed E-state index contributed by atoms with van der Waals surface area (Å²) in [5, 5.41) is 12.6. The van der Waals surface area contributed by atoms with Gasteiger partial charge in [0.1, 0.15) is 0 Å². The number of oxime groups is 1. The van der Waals surface area contributed by atoms with E-state index in [2.05, 4.69) is 10.1 Å². The van der Waals surface area contributed by atoms with Gasteiger partial charge in [-0.25, -0.2) is 0 Å². The number of amidine groups is 1. The Kier molecular flexibility index (Phi) is 7.28. The van der Waals surface area contributed by atoms with Crippen LogP contribution in [0.15, 0.2) is 23.4 Å². The Morgan fingerprint density at radius 2 is 2.14 bits per heavy atom. The minimum Gasteiger partial charge on any atom is -0.409 e. The fourth-order valence-corrected chi connectivity index (χ4v) is 2.29. The van der Waals surface area contributed by atoms with E-state index in [4.69, 9.17) is 32.0 Å². The standard InChI is InChI=1S/C14H22ClN3O3/c1-10(9-21-3)18(6-7-20-2)13-5-4-11(15)8-12(13)14(16)17-19/h4-5,8,10,19H,6-7,9H2,1-3H3,(H2,16,17). The minimum absolute atomic E-state index is 0.0135. The Hall–Kier alpha value is -1.50. The maximum atomic E-state index is 8.96. The van der Waals surface area contributed by atoms with E-state index in [1.54, 1.807) is 26.4 Å². The quantitative estimate of drug-likeness (QED) is 0.331.